The molecule has 0 saturated heterocycles. The van der Waals surface area contributed by atoms with Crippen molar-refractivity contribution in [1.29, 1.82) is 0 Å². The van der Waals surface area contributed by atoms with Crippen molar-refractivity contribution in [3.05, 3.63) is 24.5 Å². The molecular formula is C4H5N2. The zero-order chi connectivity index (χ0) is 4.41. The van der Waals surface area contributed by atoms with Crippen molar-refractivity contribution in [2.75, 3.05) is 5.84 Å². The highest BCUT2D eigenvalue weighted by Gasteiger charge is 1.70. The van der Waals surface area contributed by atoms with E-state index in [1.54, 1.807) is 12.3 Å². The summed E-state index contributed by atoms with van der Waals surface area (Å²) in [6.07, 6.45) is 4.42. The van der Waals surface area contributed by atoms with Gasteiger partial charge in [0, 0.05) is 6.20 Å². The molecule has 1 radical (unpaired) electrons. The third kappa shape index (κ3) is 0.360. The summed E-state index contributed by atoms with van der Waals surface area (Å²) < 4.78 is 1.38. The number of rotatable bonds is 0. The van der Waals surface area contributed by atoms with Crippen LogP contribution in [0.3, 0.4) is 0 Å². The minimum absolute atomic E-state index is 1.38. The summed E-state index contributed by atoms with van der Waals surface area (Å²) in [5.74, 6) is 5.14. The first-order valence-corrected chi connectivity index (χ1v) is 1.70. The molecule has 2 nitrogen and oxygen atoms in total. The summed E-state index contributed by atoms with van der Waals surface area (Å²) in [7, 11) is 0. The van der Waals surface area contributed by atoms with Gasteiger partial charge in [0.1, 0.15) is 0 Å². The highest BCUT2D eigenvalue weighted by molar-refractivity contribution is 4.87. The summed E-state index contributed by atoms with van der Waals surface area (Å²) in [5.41, 5.74) is 0. The molecule has 0 aliphatic carbocycles. The lowest BCUT2D eigenvalue weighted by atomic mass is 10.7. The van der Waals surface area contributed by atoms with Crippen molar-refractivity contribution in [3.8, 4) is 0 Å². The van der Waals surface area contributed by atoms with E-state index in [0.29, 0.717) is 0 Å². The summed E-state index contributed by atoms with van der Waals surface area (Å²) >= 11 is 0. The molecule has 1 heterocycles. The summed E-state index contributed by atoms with van der Waals surface area (Å²) in [6, 6.07) is 3.57. The van der Waals surface area contributed by atoms with E-state index in [-0.39, 0.29) is 0 Å². The Bertz CT molecular complexity index is 109. The van der Waals surface area contributed by atoms with E-state index in [2.05, 4.69) is 6.20 Å². The van der Waals surface area contributed by atoms with Crippen molar-refractivity contribution < 1.29 is 0 Å². The fourth-order valence-corrected chi connectivity index (χ4v) is 0.308. The minimum Gasteiger partial charge on any atom is -0.339 e. The molecule has 0 atom stereocenters. The van der Waals surface area contributed by atoms with E-state index in [9.17, 15) is 0 Å². The molecule has 0 unspecified atom stereocenters. The molecule has 0 aliphatic rings. The fraction of sp³-hybridized carbons (Fsp3) is 0. The normalized spacial score (nSPS) is 8.67. The maximum Gasteiger partial charge on any atom is 0.0873 e. The smallest absolute Gasteiger partial charge is 0.0873 e. The zero-order valence-corrected chi connectivity index (χ0v) is 3.26. The highest BCUT2D eigenvalue weighted by atomic mass is 15.3. The number of nitrogens with zero attached hydrogens (tertiary/aromatic N) is 1. The topological polar surface area (TPSA) is 30.9 Å². The molecular weight excluding hydrogens is 76.1 g/mol. The Kier molecular flexibility index (Phi) is 0.572. The Balaban J connectivity index is 3.05. The monoisotopic (exact) mass is 81.0 g/mol. The third-order valence-electron chi connectivity index (χ3n) is 0.567. The van der Waals surface area contributed by atoms with Gasteiger partial charge in [-0.1, -0.05) is 0 Å². The summed E-state index contributed by atoms with van der Waals surface area (Å²) in [6.45, 7) is 0. The first-order valence-electron chi connectivity index (χ1n) is 1.70. The van der Waals surface area contributed by atoms with Gasteiger partial charge in [0.15, 0.2) is 0 Å². The van der Waals surface area contributed by atoms with E-state index < -0.39 is 0 Å². The van der Waals surface area contributed by atoms with Crippen LogP contribution in [-0.2, 0) is 0 Å². The van der Waals surface area contributed by atoms with E-state index >= 15 is 0 Å². The summed E-state index contributed by atoms with van der Waals surface area (Å²) in [5, 5.41) is 0. The van der Waals surface area contributed by atoms with Gasteiger partial charge < -0.3 is 5.84 Å². The van der Waals surface area contributed by atoms with Gasteiger partial charge in [-0.2, -0.15) is 0 Å². The van der Waals surface area contributed by atoms with Gasteiger partial charge in [-0.15, -0.1) is 0 Å². The van der Waals surface area contributed by atoms with Gasteiger partial charge >= 0.3 is 0 Å². The molecule has 2 heteroatoms. The Hall–Kier alpha value is -0.920. The second-order valence-corrected chi connectivity index (χ2v) is 1.04. The maximum absolute atomic E-state index is 5.14. The van der Waals surface area contributed by atoms with Gasteiger partial charge in [0.25, 0.3) is 0 Å². The van der Waals surface area contributed by atoms with Gasteiger partial charge in [0.05, 0.1) is 6.20 Å². The van der Waals surface area contributed by atoms with Crippen molar-refractivity contribution in [1.82, 2.24) is 4.68 Å². The van der Waals surface area contributed by atoms with Crippen molar-refractivity contribution >= 4 is 0 Å². The molecule has 1 rings (SSSR count). The lowest BCUT2D eigenvalue weighted by Gasteiger charge is -1.79. The number of hydrogen-bond acceptors (Lipinski definition) is 1. The van der Waals surface area contributed by atoms with E-state index in [1.165, 1.54) is 4.68 Å². The molecule has 0 saturated carbocycles. The van der Waals surface area contributed by atoms with Crippen LogP contribution in [0.2, 0.25) is 0 Å². The minimum atomic E-state index is 1.38. The average Bonchev–Trinajstić information content (AvgIpc) is 1.86. The molecule has 1 aromatic rings. The molecule has 1 aromatic heterocycles. The van der Waals surface area contributed by atoms with E-state index in [1.807, 2.05) is 6.07 Å². The van der Waals surface area contributed by atoms with Crippen molar-refractivity contribution in [2.45, 2.75) is 0 Å². The molecule has 0 spiro atoms. The largest absolute Gasteiger partial charge is 0.339 e. The Morgan fingerprint density at radius 1 is 1.67 bits per heavy atom. The number of hydrogen-bond donors (Lipinski definition) is 1. The average molecular weight is 81.1 g/mol. The fourth-order valence-electron chi connectivity index (χ4n) is 0.308. The predicted octanol–water partition coefficient (Wildman–Crippen LogP) is 0.00209. The molecule has 0 fully saturated rings. The standard InChI is InChI=1S/C4H5N2/c5-6-3-1-2-4-6/h1-3H,5H2. The summed E-state index contributed by atoms with van der Waals surface area (Å²) in [4.78, 5) is 0. The van der Waals surface area contributed by atoms with Crippen LogP contribution in [0.25, 0.3) is 0 Å². The zero-order valence-electron chi connectivity index (χ0n) is 3.26. The van der Waals surface area contributed by atoms with Crippen LogP contribution in [0.15, 0.2) is 18.3 Å². The molecule has 0 amide bonds. The van der Waals surface area contributed by atoms with Gasteiger partial charge in [-0.3, -0.25) is 4.68 Å². The number of nitrogens with two attached hydrogens (primary N) is 1. The Morgan fingerprint density at radius 3 is 2.67 bits per heavy atom. The predicted molar refractivity (Wildman–Crippen MR) is 23.4 cm³/mol. The molecule has 31 valence electrons. The highest BCUT2D eigenvalue weighted by Crippen LogP contribution is 1.76. The van der Waals surface area contributed by atoms with Gasteiger partial charge in [-0.25, -0.2) is 0 Å². The maximum atomic E-state index is 5.14. The van der Waals surface area contributed by atoms with Crippen molar-refractivity contribution in [2.24, 2.45) is 0 Å². The van der Waals surface area contributed by atoms with Crippen LogP contribution in [-0.4, -0.2) is 4.68 Å². The van der Waals surface area contributed by atoms with Gasteiger partial charge in [0.2, 0.25) is 0 Å². The first kappa shape index (κ1) is 3.28. The van der Waals surface area contributed by atoms with E-state index in [4.69, 9.17) is 5.84 Å². The molecule has 2 N–H and O–H groups in total. The van der Waals surface area contributed by atoms with E-state index in [0.717, 1.165) is 0 Å². The second kappa shape index (κ2) is 1.05. The van der Waals surface area contributed by atoms with Crippen LogP contribution in [0.1, 0.15) is 0 Å². The van der Waals surface area contributed by atoms with Crippen molar-refractivity contribution in [3.63, 3.8) is 0 Å². The Morgan fingerprint density at radius 2 is 2.50 bits per heavy atom. The third-order valence-corrected chi connectivity index (χ3v) is 0.567. The van der Waals surface area contributed by atoms with Crippen LogP contribution < -0.4 is 5.84 Å². The van der Waals surface area contributed by atoms with Crippen LogP contribution in [0, 0.1) is 6.20 Å². The molecule has 0 aliphatic heterocycles. The molecule has 0 aromatic carbocycles. The lowest BCUT2D eigenvalue weighted by Crippen LogP contribution is -2.02. The molecule has 6 heavy (non-hydrogen) atoms. The number of nitrogen functional groups attached to an aromatic ring is 1. The van der Waals surface area contributed by atoms with Crippen LogP contribution in [0.5, 0.6) is 0 Å². The Labute approximate surface area is 36.2 Å². The lowest BCUT2D eigenvalue weighted by molar-refractivity contribution is 1.01. The number of aromatic nitrogens is 1. The SMILES string of the molecule is Nn1[c]ccc1. The molecule has 0 bridgehead atoms. The van der Waals surface area contributed by atoms with Gasteiger partial charge in [-0.05, 0) is 12.1 Å². The second-order valence-electron chi connectivity index (χ2n) is 1.04. The van der Waals surface area contributed by atoms with Crippen LogP contribution >= 0.6 is 0 Å². The van der Waals surface area contributed by atoms with Crippen LogP contribution in [0.4, 0.5) is 0 Å². The quantitative estimate of drug-likeness (QED) is 0.438. The first-order chi connectivity index (χ1) is 2.89.